The fraction of sp³-hybridized carbons (Fsp3) is 0.361. The summed E-state index contributed by atoms with van der Waals surface area (Å²) in [4.78, 5) is 42.2. The number of likely N-dealkylation sites (tertiary alicyclic amines) is 1. The van der Waals surface area contributed by atoms with Gasteiger partial charge in [-0.25, -0.2) is 4.79 Å². The molecule has 0 aliphatic carbocycles. The monoisotopic (exact) mass is 692 g/mol. The van der Waals surface area contributed by atoms with Gasteiger partial charge in [0.2, 0.25) is 11.7 Å². The van der Waals surface area contributed by atoms with Crippen LogP contribution in [0.5, 0.6) is 0 Å². The zero-order valence-corrected chi connectivity index (χ0v) is 28.2. The van der Waals surface area contributed by atoms with E-state index >= 15 is 0 Å². The van der Waals surface area contributed by atoms with Crippen molar-refractivity contribution in [3.05, 3.63) is 119 Å². The number of nitrogens with one attached hydrogen (secondary N) is 1. The summed E-state index contributed by atoms with van der Waals surface area (Å²) in [5.41, 5.74) is 2.94. The molecule has 0 unspecified atom stereocenters. The summed E-state index contributed by atoms with van der Waals surface area (Å²) in [7, 11) is 0. The largest absolute Gasteiger partial charge is 0.448 e. The van der Waals surface area contributed by atoms with Crippen LogP contribution in [0.2, 0.25) is 0 Å². The molecule has 1 aliphatic rings. The van der Waals surface area contributed by atoms with Crippen LogP contribution in [0, 0.1) is 0 Å². The summed E-state index contributed by atoms with van der Waals surface area (Å²) in [5.74, 6) is -2.69. The molecule has 0 bridgehead atoms. The number of carbonyl (C=O) groups excluding carboxylic acids is 3. The van der Waals surface area contributed by atoms with Crippen molar-refractivity contribution in [2.45, 2.75) is 58.3 Å². The first-order valence-corrected chi connectivity index (χ1v) is 16.5. The molecule has 0 spiro atoms. The molecule has 9 nitrogen and oxygen atoms in total. The molecule has 244 valence electrons. The third-order valence-electron chi connectivity index (χ3n) is 7.40. The molecule has 46 heavy (non-hydrogen) atoms. The van der Waals surface area contributed by atoms with Crippen molar-refractivity contribution >= 4 is 33.7 Å². The average molecular weight is 694 g/mol. The molecule has 4 rings (SSSR count). The quantitative estimate of drug-likeness (QED) is 0.0677. The molecule has 0 saturated carbocycles. The summed E-state index contributed by atoms with van der Waals surface area (Å²) in [6.07, 6.45) is -1.68. The van der Waals surface area contributed by atoms with Crippen molar-refractivity contribution in [2.24, 2.45) is 0 Å². The first-order valence-electron chi connectivity index (χ1n) is 15.3. The van der Waals surface area contributed by atoms with Crippen LogP contribution in [0.15, 0.2) is 102 Å². The van der Waals surface area contributed by atoms with Gasteiger partial charge in [-0.2, -0.15) is 0 Å². The lowest BCUT2D eigenvalue weighted by Crippen LogP contribution is -2.72. The number of rotatable bonds is 16. The SMILES string of the molecule is CCOC(CBr)(CO[C@H]1[C@@H](NC(=O)Cc2ccccc2)C(=O)N1C(C(=O)OC(c1ccccc1)c1ccccc1)=C(C)C)OCC. The number of ether oxygens (including phenoxy) is 4. The van der Waals surface area contributed by atoms with E-state index in [2.05, 4.69) is 21.2 Å². The predicted octanol–water partition coefficient (Wildman–Crippen LogP) is 5.69. The standard InChI is InChI=1S/C36H41BrN2O7/c1-5-44-36(23-37,45-6-2)24-43-34-30(38-29(40)22-26-16-10-7-11-17-26)33(41)39(34)31(25(3)4)35(42)46-32(27-18-12-8-13-19-27)28-20-14-9-15-21-28/h7-21,30,32,34H,5-6,22-24H2,1-4H3,(H,38,40)/t30-,34-/m0/s1. The van der Waals surface area contributed by atoms with Gasteiger partial charge < -0.3 is 24.3 Å². The fourth-order valence-electron chi connectivity index (χ4n) is 5.28. The number of allylic oxidation sites excluding steroid dienone is 1. The van der Waals surface area contributed by atoms with Crippen LogP contribution in [0.3, 0.4) is 0 Å². The van der Waals surface area contributed by atoms with Crippen LogP contribution in [0.25, 0.3) is 0 Å². The Morgan fingerprint density at radius 3 is 1.87 bits per heavy atom. The number of esters is 1. The van der Waals surface area contributed by atoms with E-state index in [0.717, 1.165) is 16.7 Å². The molecule has 1 saturated heterocycles. The minimum atomic E-state index is -1.15. The molecular formula is C36H41BrN2O7. The lowest BCUT2D eigenvalue weighted by atomic mass is 9.99. The van der Waals surface area contributed by atoms with Crippen molar-refractivity contribution in [1.29, 1.82) is 0 Å². The molecule has 2 atom stereocenters. The molecule has 10 heteroatoms. The van der Waals surface area contributed by atoms with E-state index in [-0.39, 0.29) is 24.6 Å². The van der Waals surface area contributed by atoms with Crippen molar-refractivity contribution in [3.8, 4) is 0 Å². The minimum Gasteiger partial charge on any atom is -0.448 e. The second kappa shape index (κ2) is 16.6. The number of β-lactam (4-membered cyclic amide) rings is 1. The number of alkyl halides is 1. The van der Waals surface area contributed by atoms with E-state index in [1.165, 1.54) is 4.90 Å². The van der Waals surface area contributed by atoms with Gasteiger partial charge >= 0.3 is 5.97 Å². The number of hydrogen-bond donors (Lipinski definition) is 1. The number of benzene rings is 3. The molecule has 1 aliphatic heterocycles. The van der Waals surface area contributed by atoms with Crippen molar-refractivity contribution in [3.63, 3.8) is 0 Å². The molecule has 2 amide bonds. The maximum absolute atomic E-state index is 14.0. The van der Waals surface area contributed by atoms with E-state index in [1.807, 2.05) is 105 Å². The van der Waals surface area contributed by atoms with E-state index in [4.69, 9.17) is 18.9 Å². The van der Waals surface area contributed by atoms with Crippen LogP contribution < -0.4 is 5.32 Å². The molecule has 3 aromatic rings. The number of hydrogen-bond acceptors (Lipinski definition) is 7. The van der Waals surface area contributed by atoms with Crippen LogP contribution in [-0.2, 0) is 39.8 Å². The van der Waals surface area contributed by atoms with E-state index in [0.29, 0.717) is 24.1 Å². The molecule has 1 fully saturated rings. The van der Waals surface area contributed by atoms with Gasteiger partial charge in [-0.1, -0.05) is 107 Å². The summed E-state index contributed by atoms with van der Waals surface area (Å²) < 4.78 is 24.3. The Morgan fingerprint density at radius 1 is 0.870 bits per heavy atom. The van der Waals surface area contributed by atoms with Crippen LogP contribution >= 0.6 is 15.9 Å². The van der Waals surface area contributed by atoms with Gasteiger partial charge in [0.1, 0.15) is 12.3 Å². The number of carbonyl (C=O) groups is 3. The average Bonchev–Trinajstić information content (AvgIpc) is 3.07. The minimum absolute atomic E-state index is 0.0395. The lowest BCUT2D eigenvalue weighted by molar-refractivity contribution is -0.263. The Hall–Kier alpha value is -3.83. The van der Waals surface area contributed by atoms with Crippen LogP contribution in [0.4, 0.5) is 0 Å². The number of halogens is 1. The highest BCUT2D eigenvalue weighted by Gasteiger charge is 2.54. The topological polar surface area (TPSA) is 103 Å². The molecular weight excluding hydrogens is 652 g/mol. The van der Waals surface area contributed by atoms with E-state index in [1.54, 1.807) is 13.8 Å². The van der Waals surface area contributed by atoms with E-state index < -0.39 is 36.0 Å². The summed E-state index contributed by atoms with van der Waals surface area (Å²) >= 11 is 3.47. The van der Waals surface area contributed by atoms with Gasteiger partial charge in [0.05, 0.1) is 11.8 Å². The predicted molar refractivity (Wildman–Crippen MR) is 178 cm³/mol. The molecule has 0 radical (unpaired) electrons. The smallest absolute Gasteiger partial charge is 0.356 e. The zero-order chi connectivity index (χ0) is 33.1. The Labute approximate surface area is 279 Å². The van der Waals surface area contributed by atoms with Crippen LogP contribution in [0.1, 0.15) is 50.5 Å². The highest BCUT2D eigenvalue weighted by molar-refractivity contribution is 9.09. The summed E-state index contributed by atoms with van der Waals surface area (Å²) in [6, 6.07) is 27.0. The second-order valence-corrected chi connectivity index (χ2v) is 11.5. The van der Waals surface area contributed by atoms with Crippen molar-refractivity contribution in [2.75, 3.05) is 25.2 Å². The Balaban J connectivity index is 1.63. The highest BCUT2D eigenvalue weighted by Crippen LogP contribution is 2.34. The molecule has 1 N–H and O–H groups in total. The number of nitrogens with zero attached hydrogens (tertiary/aromatic N) is 1. The summed E-state index contributed by atoms with van der Waals surface area (Å²) in [5, 5.41) is 3.11. The van der Waals surface area contributed by atoms with Crippen LogP contribution in [-0.4, -0.2) is 65.9 Å². The molecule has 3 aromatic carbocycles. The van der Waals surface area contributed by atoms with Gasteiger partial charge in [0.25, 0.3) is 5.91 Å². The highest BCUT2D eigenvalue weighted by atomic mass is 79.9. The third-order valence-corrected chi connectivity index (χ3v) is 8.25. The summed E-state index contributed by atoms with van der Waals surface area (Å²) in [6.45, 7) is 7.76. The van der Waals surface area contributed by atoms with Gasteiger partial charge in [0, 0.05) is 13.2 Å². The Morgan fingerprint density at radius 2 is 1.39 bits per heavy atom. The lowest BCUT2D eigenvalue weighted by Gasteiger charge is -2.48. The first kappa shape index (κ1) is 35.0. The van der Waals surface area contributed by atoms with Gasteiger partial charge in [-0.15, -0.1) is 0 Å². The van der Waals surface area contributed by atoms with Crippen molar-refractivity contribution < 1.29 is 33.3 Å². The normalized spacial score (nSPS) is 16.1. The van der Waals surface area contributed by atoms with Gasteiger partial charge in [-0.05, 0) is 50.0 Å². The molecule has 0 aromatic heterocycles. The third kappa shape index (κ3) is 8.50. The maximum Gasteiger partial charge on any atom is 0.356 e. The zero-order valence-electron chi connectivity index (χ0n) is 26.6. The van der Waals surface area contributed by atoms with Crippen molar-refractivity contribution in [1.82, 2.24) is 10.2 Å². The van der Waals surface area contributed by atoms with Gasteiger partial charge in [-0.3, -0.25) is 14.5 Å². The second-order valence-electron chi connectivity index (χ2n) is 11.0. The van der Waals surface area contributed by atoms with Gasteiger partial charge in [0.15, 0.2) is 18.4 Å². The first-order chi connectivity index (χ1) is 22.2. The Bertz CT molecular complexity index is 1430. The maximum atomic E-state index is 14.0. The number of amides is 2. The fourth-order valence-corrected chi connectivity index (χ4v) is 5.77. The van der Waals surface area contributed by atoms with E-state index in [9.17, 15) is 14.4 Å². The Kier molecular flexibility index (Phi) is 12.7. The molecule has 1 heterocycles.